The summed E-state index contributed by atoms with van der Waals surface area (Å²) in [4.78, 5) is 29.0. The molecule has 0 saturated heterocycles. The van der Waals surface area contributed by atoms with Crippen LogP contribution in [-0.4, -0.2) is 61.7 Å². The first-order valence-corrected chi connectivity index (χ1v) is 14.4. The Morgan fingerprint density at radius 3 is 2.02 bits per heavy atom. The summed E-state index contributed by atoms with van der Waals surface area (Å²) in [5, 5.41) is 2.91. The van der Waals surface area contributed by atoms with Crippen LogP contribution in [-0.2, 0) is 32.8 Å². The number of benzene rings is 3. The molecule has 2 amide bonds. The third-order valence-electron chi connectivity index (χ3n) is 6.20. The zero-order valence-corrected chi connectivity index (χ0v) is 24.7. The van der Waals surface area contributed by atoms with Crippen molar-refractivity contribution in [3.63, 3.8) is 0 Å². The van der Waals surface area contributed by atoms with Crippen LogP contribution in [0, 0.1) is 11.6 Å². The number of carbonyl (C=O) groups excluding carboxylic acids is 2. The number of hydrogen-bond acceptors (Lipinski definition) is 4. The molecule has 3 aromatic carbocycles. The number of rotatable bonds is 11. The van der Waals surface area contributed by atoms with Crippen molar-refractivity contribution in [3.8, 4) is 0 Å². The summed E-state index contributed by atoms with van der Waals surface area (Å²) in [6, 6.07) is 18.5. The maximum atomic E-state index is 14.8. The lowest BCUT2D eigenvalue weighted by molar-refractivity contribution is -0.140. The Kier molecular flexibility index (Phi) is 10.2. The molecule has 0 unspecified atom stereocenters. The summed E-state index contributed by atoms with van der Waals surface area (Å²) >= 11 is 0. The highest BCUT2D eigenvalue weighted by molar-refractivity contribution is 7.90. The number of halogens is 2. The lowest BCUT2D eigenvalue weighted by Gasteiger charge is -2.35. The smallest absolute Gasteiger partial charge is 0.304 e. The van der Waals surface area contributed by atoms with E-state index in [4.69, 9.17) is 0 Å². The van der Waals surface area contributed by atoms with Crippen molar-refractivity contribution in [1.82, 2.24) is 14.5 Å². The van der Waals surface area contributed by atoms with Gasteiger partial charge in [-0.25, -0.2) is 13.1 Å². The standard InChI is InChI=1S/C30H36F2N4O4S/c1-30(2,3)33-29(38)27(19-22-11-7-6-8-12-22)35(20-23-13-9-10-14-26(23)32)28(37)21-36(41(39,40)34(4)5)25-17-15-24(31)16-18-25/h6-18,27H,19-21H2,1-5H3,(H,33,38)/t27-/m1/s1. The highest BCUT2D eigenvalue weighted by atomic mass is 32.2. The quantitative estimate of drug-likeness (QED) is 0.366. The molecule has 0 radical (unpaired) electrons. The Morgan fingerprint density at radius 1 is 0.878 bits per heavy atom. The van der Waals surface area contributed by atoms with E-state index < -0.39 is 51.8 Å². The molecule has 41 heavy (non-hydrogen) atoms. The highest BCUT2D eigenvalue weighted by Crippen LogP contribution is 2.23. The monoisotopic (exact) mass is 586 g/mol. The minimum absolute atomic E-state index is 0.0537. The summed E-state index contributed by atoms with van der Waals surface area (Å²) in [5.74, 6) is -2.37. The molecule has 3 rings (SSSR count). The van der Waals surface area contributed by atoms with E-state index in [0.29, 0.717) is 0 Å². The van der Waals surface area contributed by atoms with Crippen LogP contribution >= 0.6 is 0 Å². The molecule has 3 aromatic rings. The lowest BCUT2D eigenvalue weighted by Crippen LogP contribution is -2.56. The first-order valence-electron chi connectivity index (χ1n) is 13.0. The van der Waals surface area contributed by atoms with E-state index in [1.54, 1.807) is 39.0 Å². The third kappa shape index (κ3) is 8.58. The molecule has 0 aromatic heterocycles. The maximum absolute atomic E-state index is 14.8. The van der Waals surface area contributed by atoms with Gasteiger partial charge in [-0.2, -0.15) is 12.7 Å². The molecule has 8 nitrogen and oxygen atoms in total. The van der Waals surface area contributed by atoms with Crippen molar-refractivity contribution >= 4 is 27.7 Å². The molecule has 0 heterocycles. The van der Waals surface area contributed by atoms with Gasteiger partial charge in [-0.15, -0.1) is 0 Å². The lowest BCUT2D eigenvalue weighted by atomic mass is 10.0. The predicted octanol–water partition coefficient (Wildman–Crippen LogP) is 4.13. The number of nitrogens with zero attached hydrogens (tertiary/aromatic N) is 3. The molecule has 0 bridgehead atoms. The van der Waals surface area contributed by atoms with E-state index in [-0.39, 0.29) is 24.2 Å². The first kappa shape index (κ1) is 31.7. The molecule has 0 saturated carbocycles. The Morgan fingerprint density at radius 2 is 1.46 bits per heavy atom. The van der Waals surface area contributed by atoms with Crippen LogP contribution in [0.25, 0.3) is 0 Å². The van der Waals surface area contributed by atoms with Gasteiger partial charge in [-0.05, 0) is 56.7 Å². The Bertz CT molecular complexity index is 1440. The van der Waals surface area contributed by atoms with Crippen LogP contribution in [0.1, 0.15) is 31.9 Å². The van der Waals surface area contributed by atoms with Gasteiger partial charge in [-0.1, -0.05) is 48.5 Å². The van der Waals surface area contributed by atoms with Gasteiger partial charge in [0.1, 0.15) is 24.2 Å². The summed E-state index contributed by atoms with van der Waals surface area (Å²) < 4.78 is 56.9. The second-order valence-electron chi connectivity index (χ2n) is 10.8. The van der Waals surface area contributed by atoms with Crippen molar-refractivity contribution in [2.24, 2.45) is 0 Å². The molecule has 0 spiro atoms. The number of anilines is 1. The average Bonchev–Trinajstić information content (AvgIpc) is 2.90. The van der Waals surface area contributed by atoms with Gasteiger partial charge < -0.3 is 10.2 Å². The number of amides is 2. The van der Waals surface area contributed by atoms with E-state index >= 15 is 0 Å². The molecule has 0 fully saturated rings. The fourth-order valence-electron chi connectivity index (χ4n) is 4.14. The van der Waals surface area contributed by atoms with E-state index in [0.717, 1.165) is 26.3 Å². The van der Waals surface area contributed by atoms with Crippen LogP contribution in [0.5, 0.6) is 0 Å². The minimum atomic E-state index is -4.23. The normalized spacial score (nSPS) is 12.6. The zero-order valence-electron chi connectivity index (χ0n) is 23.8. The van der Waals surface area contributed by atoms with Crippen molar-refractivity contribution < 1.29 is 26.8 Å². The summed E-state index contributed by atoms with van der Waals surface area (Å²) in [7, 11) is -1.61. The molecule has 0 aliphatic heterocycles. The van der Waals surface area contributed by atoms with Crippen molar-refractivity contribution in [1.29, 1.82) is 0 Å². The van der Waals surface area contributed by atoms with Gasteiger partial charge in [0, 0.05) is 38.2 Å². The zero-order chi connectivity index (χ0) is 30.4. The van der Waals surface area contributed by atoms with Crippen LogP contribution < -0.4 is 9.62 Å². The second-order valence-corrected chi connectivity index (χ2v) is 12.9. The van der Waals surface area contributed by atoms with Gasteiger partial charge in [0.2, 0.25) is 11.8 Å². The van der Waals surface area contributed by atoms with Crippen LogP contribution in [0.4, 0.5) is 14.5 Å². The molecule has 11 heteroatoms. The number of nitrogens with one attached hydrogen (secondary N) is 1. The number of carbonyl (C=O) groups is 2. The molecule has 1 atom stereocenters. The topological polar surface area (TPSA) is 90.0 Å². The van der Waals surface area contributed by atoms with Gasteiger partial charge in [0.15, 0.2) is 0 Å². The van der Waals surface area contributed by atoms with Gasteiger partial charge in [0.05, 0.1) is 5.69 Å². The third-order valence-corrected chi connectivity index (χ3v) is 8.02. The van der Waals surface area contributed by atoms with E-state index in [1.807, 2.05) is 18.2 Å². The van der Waals surface area contributed by atoms with Crippen LogP contribution in [0.15, 0.2) is 78.9 Å². The van der Waals surface area contributed by atoms with Crippen molar-refractivity contribution in [2.75, 3.05) is 24.9 Å². The van der Waals surface area contributed by atoms with Crippen molar-refractivity contribution in [2.45, 2.75) is 45.3 Å². The summed E-state index contributed by atoms with van der Waals surface area (Å²) in [6.45, 7) is 4.39. The fraction of sp³-hybridized carbons (Fsp3) is 0.333. The SMILES string of the molecule is CN(C)S(=O)(=O)N(CC(=O)N(Cc1ccccc1F)[C@H](Cc1ccccc1)C(=O)NC(C)(C)C)c1ccc(F)cc1. The highest BCUT2D eigenvalue weighted by Gasteiger charge is 2.36. The van der Waals surface area contributed by atoms with Crippen molar-refractivity contribution in [3.05, 3.63) is 102 Å². The van der Waals surface area contributed by atoms with E-state index in [9.17, 15) is 26.8 Å². The van der Waals surface area contributed by atoms with Gasteiger partial charge in [-0.3, -0.25) is 9.59 Å². The summed E-state index contributed by atoms with van der Waals surface area (Å²) in [5.41, 5.74) is 0.321. The van der Waals surface area contributed by atoms with Gasteiger partial charge in [0.25, 0.3) is 0 Å². The largest absolute Gasteiger partial charge is 0.350 e. The molecule has 0 aliphatic rings. The Balaban J connectivity index is 2.12. The van der Waals surface area contributed by atoms with Crippen LogP contribution in [0.3, 0.4) is 0 Å². The molecule has 1 N–H and O–H groups in total. The molecular formula is C30H36F2N4O4S. The van der Waals surface area contributed by atoms with Gasteiger partial charge >= 0.3 is 10.2 Å². The predicted molar refractivity (Wildman–Crippen MR) is 155 cm³/mol. The van der Waals surface area contributed by atoms with E-state index in [1.165, 1.54) is 49.3 Å². The fourth-order valence-corrected chi connectivity index (χ4v) is 5.20. The molecular weight excluding hydrogens is 550 g/mol. The molecule has 0 aliphatic carbocycles. The number of hydrogen-bond donors (Lipinski definition) is 1. The minimum Gasteiger partial charge on any atom is -0.350 e. The first-order chi connectivity index (χ1) is 19.2. The average molecular weight is 587 g/mol. The summed E-state index contributed by atoms with van der Waals surface area (Å²) in [6.07, 6.45) is 0.0971. The van der Waals surface area contributed by atoms with E-state index in [2.05, 4.69) is 5.32 Å². The second kappa shape index (κ2) is 13.2. The van der Waals surface area contributed by atoms with Crippen LogP contribution in [0.2, 0.25) is 0 Å². The molecule has 220 valence electrons. The Hall–Kier alpha value is -3.83. The maximum Gasteiger partial charge on any atom is 0.304 e. The Labute approximate surface area is 240 Å².